The highest BCUT2D eigenvalue weighted by molar-refractivity contribution is 9.10. The van der Waals surface area contributed by atoms with Gasteiger partial charge in [0.05, 0.1) is 26.2 Å². The number of ether oxygens (including phenoxy) is 2. The minimum Gasteiger partial charge on any atom is -0.493 e. The normalized spacial score (nSPS) is 21.5. The van der Waals surface area contributed by atoms with Crippen LogP contribution in [0.3, 0.4) is 0 Å². The average Bonchev–Trinajstić information content (AvgIpc) is 2.93. The molecule has 1 fully saturated rings. The van der Waals surface area contributed by atoms with Crippen molar-refractivity contribution < 1.29 is 9.47 Å². The van der Waals surface area contributed by atoms with Gasteiger partial charge in [0.15, 0.2) is 11.5 Å². The van der Waals surface area contributed by atoms with Crippen LogP contribution in [0, 0.1) is 17.2 Å². The Morgan fingerprint density at radius 3 is 2.65 bits per heavy atom. The average molecular weight is 339 g/mol. The van der Waals surface area contributed by atoms with Crippen molar-refractivity contribution in [3.05, 3.63) is 22.2 Å². The Morgan fingerprint density at radius 2 is 2.00 bits per heavy atom. The topological polar surface area (TPSA) is 54.3 Å². The fourth-order valence-electron chi connectivity index (χ4n) is 2.63. The third-order valence-corrected chi connectivity index (χ3v) is 4.53. The first kappa shape index (κ1) is 15.1. The molecule has 2 atom stereocenters. The molecule has 0 bridgehead atoms. The molecule has 0 aliphatic heterocycles. The molecule has 0 spiro atoms. The highest BCUT2D eigenvalue weighted by atomic mass is 79.9. The number of nitrogens with zero attached hydrogens (tertiary/aromatic N) is 1. The van der Waals surface area contributed by atoms with Crippen LogP contribution in [0.25, 0.3) is 0 Å². The standard InChI is InChI=1S/C15H19BrN2O2/c1-19-14-6-11(12(16)7-15(14)20-2)9-18-13-5-3-4-10(13)8-17/h6-7,10,13,18H,3-5,9H2,1-2H3. The van der Waals surface area contributed by atoms with Gasteiger partial charge in [-0.15, -0.1) is 0 Å². The Balaban J connectivity index is 2.08. The van der Waals surface area contributed by atoms with Gasteiger partial charge >= 0.3 is 0 Å². The fraction of sp³-hybridized carbons (Fsp3) is 0.533. The summed E-state index contributed by atoms with van der Waals surface area (Å²) >= 11 is 3.55. The van der Waals surface area contributed by atoms with E-state index in [0.29, 0.717) is 18.3 Å². The largest absolute Gasteiger partial charge is 0.493 e. The van der Waals surface area contributed by atoms with Gasteiger partial charge in [0.1, 0.15) is 0 Å². The number of benzene rings is 1. The summed E-state index contributed by atoms with van der Waals surface area (Å²) in [5, 5.41) is 12.6. The van der Waals surface area contributed by atoms with Gasteiger partial charge in [-0.05, 0) is 30.5 Å². The first-order valence-electron chi connectivity index (χ1n) is 6.73. The summed E-state index contributed by atoms with van der Waals surface area (Å²) in [4.78, 5) is 0. The predicted molar refractivity (Wildman–Crippen MR) is 80.8 cm³/mol. The van der Waals surface area contributed by atoms with E-state index in [0.717, 1.165) is 35.0 Å². The van der Waals surface area contributed by atoms with E-state index in [1.807, 2.05) is 12.1 Å². The predicted octanol–water partition coefficient (Wildman–Crippen LogP) is 3.25. The van der Waals surface area contributed by atoms with E-state index in [2.05, 4.69) is 27.3 Å². The maximum atomic E-state index is 9.10. The van der Waals surface area contributed by atoms with E-state index in [1.54, 1.807) is 14.2 Å². The van der Waals surface area contributed by atoms with Gasteiger partial charge in [-0.1, -0.05) is 22.4 Å². The summed E-state index contributed by atoms with van der Waals surface area (Å²) in [6.45, 7) is 0.712. The van der Waals surface area contributed by atoms with E-state index in [-0.39, 0.29) is 5.92 Å². The Kier molecular flexibility index (Phi) is 5.27. The van der Waals surface area contributed by atoms with E-state index >= 15 is 0 Å². The van der Waals surface area contributed by atoms with Crippen molar-refractivity contribution in [2.24, 2.45) is 5.92 Å². The number of rotatable bonds is 5. The van der Waals surface area contributed by atoms with Crippen LogP contribution in [0.1, 0.15) is 24.8 Å². The molecule has 1 aromatic carbocycles. The van der Waals surface area contributed by atoms with E-state index in [1.165, 1.54) is 0 Å². The molecule has 1 N–H and O–H groups in total. The van der Waals surface area contributed by atoms with Crippen LogP contribution in [-0.4, -0.2) is 20.3 Å². The molecule has 2 unspecified atom stereocenters. The molecule has 1 aliphatic carbocycles. The molecule has 5 heteroatoms. The maximum Gasteiger partial charge on any atom is 0.161 e. The lowest BCUT2D eigenvalue weighted by molar-refractivity contribution is 0.354. The smallest absolute Gasteiger partial charge is 0.161 e. The monoisotopic (exact) mass is 338 g/mol. The molecule has 108 valence electrons. The molecule has 1 saturated carbocycles. The summed E-state index contributed by atoms with van der Waals surface area (Å²) in [6, 6.07) is 6.55. The number of hydrogen-bond donors (Lipinski definition) is 1. The van der Waals surface area contributed by atoms with Crippen molar-refractivity contribution >= 4 is 15.9 Å². The molecule has 20 heavy (non-hydrogen) atoms. The maximum absolute atomic E-state index is 9.10. The lowest BCUT2D eigenvalue weighted by Gasteiger charge is -2.17. The van der Waals surface area contributed by atoms with Crippen LogP contribution < -0.4 is 14.8 Å². The van der Waals surface area contributed by atoms with E-state index in [4.69, 9.17) is 14.7 Å². The zero-order valence-corrected chi connectivity index (χ0v) is 13.4. The molecular formula is C15H19BrN2O2. The van der Waals surface area contributed by atoms with Crippen LogP contribution in [0.15, 0.2) is 16.6 Å². The van der Waals surface area contributed by atoms with Crippen LogP contribution >= 0.6 is 15.9 Å². The van der Waals surface area contributed by atoms with Gasteiger partial charge < -0.3 is 14.8 Å². The molecular weight excluding hydrogens is 320 g/mol. The van der Waals surface area contributed by atoms with E-state index in [9.17, 15) is 0 Å². The lowest BCUT2D eigenvalue weighted by atomic mass is 10.1. The lowest BCUT2D eigenvalue weighted by Crippen LogP contribution is -2.31. The van der Waals surface area contributed by atoms with Crippen molar-refractivity contribution in [3.63, 3.8) is 0 Å². The summed E-state index contributed by atoms with van der Waals surface area (Å²) in [5.41, 5.74) is 1.10. The van der Waals surface area contributed by atoms with Crippen molar-refractivity contribution in [1.82, 2.24) is 5.32 Å². The quantitative estimate of drug-likeness (QED) is 0.895. The van der Waals surface area contributed by atoms with Crippen molar-refractivity contribution in [1.29, 1.82) is 5.26 Å². The number of nitrogens with one attached hydrogen (secondary N) is 1. The van der Waals surface area contributed by atoms with E-state index < -0.39 is 0 Å². The Morgan fingerprint density at radius 1 is 1.30 bits per heavy atom. The third-order valence-electron chi connectivity index (χ3n) is 3.79. The summed E-state index contributed by atoms with van der Waals surface area (Å²) in [7, 11) is 3.25. The molecule has 0 saturated heterocycles. The van der Waals surface area contributed by atoms with Crippen LogP contribution in [-0.2, 0) is 6.54 Å². The summed E-state index contributed by atoms with van der Waals surface area (Å²) < 4.78 is 11.6. The van der Waals surface area contributed by atoms with Crippen LogP contribution in [0.4, 0.5) is 0 Å². The first-order valence-corrected chi connectivity index (χ1v) is 7.52. The zero-order chi connectivity index (χ0) is 14.5. The summed E-state index contributed by atoms with van der Waals surface area (Å²) in [5.74, 6) is 1.56. The SMILES string of the molecule is COc1cc(Br)c(CNC2CCCC2C#N)cc1OC. The van der Waals surface area contributed by atoms with Gasteiger partial charge in [0.2, 0.25) is 0 Å². The van der Waals surface area contributed by atoms with Crippen molar-refractivity contribution in [3.8, 4) is 17.6 Å². The van der Waals surface area contributed by atoms with Crippen molar-refractivity contribution in [2.75, 3.05) is 14.2 Å². The number of methoxy groups -OCH3 is 2. The van der Waals surface area contributed by atoms with Gasteiger partial charge in [-0.25, -0.2) is 0 Å². The molecule has 4 nitrogen and oxygen atoms in total. The molecule has 0 amide bonds. The molecule has 0 heterocycles. The van der Waals surface area contributed by atoms with Gasteiger partial charge in [-0.3, -0.25) is 0 Å². The highest BCUT2D eigenvalue weighted by Gasteiger charge is 2.26. The Labute approximate surface area is 128 Å². The van der Waals surface area contributed by atoms with Crippen LogP contribution in [0.5, 0.6) is 11.5 Å². The minimum atomic E-state index is 0.133. The second-order valence-electron chi connectivity index (χ2n) is 4.95. The fourth-order valence-corrected chi connectivity index (χ4v) is 3.09. The number of hydrogen-bond acceptors (Lipinski definition) is 4. The minimum absolute atomic E-state index is 0.133. The van der Waals surface area contributed by atoms with Gasteiger partial charge in [0.25, 0.3) is 0 Å². The Hall–Kier alpha value is -1.25. The highest BCUT2D eigenvalue weighted by Crippen LogP contribution is 2.33. The molecule has 1 aromatic rings. The molecule has 1 aliphatic rings. The van der Waals surface area contributed by atoms with Gasteiger partial charge in [0, 0.05) is 17.1 Å². The zero-order valence-electron chi connectivity index (χ0n) is 11.8. The first-order chi connectivity index (χ1) is 9.69. The van der Waals surface area contributed by atoms with Gasteiger partial charge in [-0.2, -0.15) is 5.26 Å². The number of halogens is 1. The molecule has 0 radical (unpaired) electrons. The molecule has 2 rings (SSSR count). The Bertz CT molecular complexity index is 513. The second-order valence-corrected chi connectivity index (χ2v) is 5.81. The third kappa shape index (κ3) is 3.25. The summed E-state index contributed by atoms with van der Waals surface area (Å²) in [6.07, 6.45) is 3.20. The van der Waals surface area contributed by atoms with Crippen LogP contribution in [0.2, 0.25) is 0 Å². The number of nitriles is 1. The van der Waals surface area contributed by atoms with Crippen molar-refractivity contribution in [2.45, 2.75) is 31.8 Å². The molecule has 0 aromatic heterocycles. The second kappa shape index (κ2) is 6.96.